The van der Waals surface area contributed by atoms with Gasteiger partial charge in [0.15, 0.2) is 5.03 Å². The molecule has 1 atom stereocenters. The van der Waals surface area contributed by atoms with Gasteiger partial charge < -0.3 is 5.11 Å². The largest absolute Gasteiger partial charge is 0.392 e. The lowest BCUT2D eigenvalue weighted by Gasteiger charge is -2.10. The minimum Gasteiger partial charge on any atom is -0.392 e. The molecule has 2 heterocycles. The van der Waals surface area contributed by atoms with Gasteiger partial charge in [0.25, 0.3) is 10.0 Å². The van der Waals surface area contributed by atoms with E-state index in [0.29, 0.717) is 11.3 Å². The summed E-state index contributed by atoms with van der Waals surface area (Å²) in [5.41, 5.74) is 0.914. The maximum atomic E-state index is 12.1. The molecule has 0 aromatic carbocycles. The Morgan fingerprint density at radius 3 is 3.00 bits per heavy atom. The topological polar surface area (TPSA) is 95.1 Å². The SMILES string of the molecule is Cc1[nH]nc(S(=O)(=O)NC2CCSC2)c1CO. The van der Waals surface area contributed by atoms with E-state index in [-0.39, 0.29) is 17.7 Å². The van der Waals surface area contributed by atoms with Gasteiger partial charge in [0, 0.05) is 23.1 Å². The minimum absolute atomic E-state index is 0.0338. The molecular formula is C9H15N3O3S2. The third-order valence-electron chi connectivity index (χ3n) is 2.70. The van der Waals surface area contributed by atoms with Gasteiger partial charge in [0.1, 0.15) is 0 Å². The van der Waals surface area contributed by atoms with Gasteiger partial charge in [-0.05, 0) is 19.1 Å². The van der Waals surface area contributed by atoms with Crippen LogP contribution in [0.15, 0.2) is 5.03 Å². The average molecular weight is 277 g/mol. The van der Waals surface area contributed by atoms with Gasteiger partial charge in [-0.25, -0.2) is 13.1 Å². The molecule has 0 aliphatic carbocycles. The van der Waals surface area contributed by atoms with Gasteiger partial charge in [0.2, 0.25) is 0 Å². The Bertz CT molecular complexity index is 492. The van der Waals surface area contributed by atoms with Crippen LogP contribution in [0, 0.1) is 6.92 Å². The molecule has 1 aromatic rings. The second-order valence-electron chi connectivity index (χ2n) is 3.97. The predicted molar refractivity (Wildman–Crippen MR) is 65.3 cm³/mol. The number of aromatic nitrogens is 2. The Morgan fingerprint density at radius 2 is 2.41 bits per heavy atom. The number of aliphatic hydroxyl groups excluding tert-OH is 1. The number of nitrogens with zero attached hydrogens (tertiary/aromatic N) is 1. The highest BCUT2D eigenvalue weighted by Crippen LogP contribution is 2.21. The first-order chi connectivity index (χ1) is 8.04. The van der Waals surface area contributed by atoms with Crippen molar-refractivity contribution in [1.29, 1.82) is 0 Å². The van der Waals surface area contributed by atoms with Crippen molar-refractivity contribution in [2.24, 2.45) is 0 Å². The molecule has 1 fully saturated rings. The number of sulfonamides is 1. The molecule has 1 aliphatic rings. The number of aryl methyl sites for hydroxylation is 1. The number of nitrogens with one attached hydrogen (secondary N) is 2. The number of H-pyrrole nitrogens is 1. The van der Waals surface area contributed by atoms with Crippen LogP contribution in [-0.4, -0.2) is 41.3 Å². The van der Waals surface area contributed by atoms with Crippen LogP contribution in [0.1, 0.15) is 17.7 Å². The molecule has 96 valence electrons. The molecule has 1 unspecified atom stereocenters. The van der Waals surface area contributed by atoms with E-state index in [1.807, 2.05) is 0 Å². The van der Waals surface area contributed by atoms with Crippen molar-refractivity contribution in [1.82, 2.24) is 14.9 Å². The van der Waals surface area contributed by atoms with Gasteiger partial charge in [-0.1, -0.05) is 0 Å². The molecule has 0 saturated carbocycles. The highest BCUT2D eigenvalue weighted by Gasteiger charge is 2.27. The highest BCUT2D eigenvalue weighted by molar-refractivity contribution is 7.99. The minimum atomic E-state index is -3.63. The average Bonchev–Trinajstić information content (AvgIpc) is 2.86. The molecular weight excluding hydrogens is 262 g/mol. The van der Waals surface area contributed by atoms with Crippen LogP contribution in [-0.2, 0) is 16.6 Å². The molecule has 1 aliphatic heterocycles. The fourth-order valence-electron chi connectivity index (χ4n) is 1.74. The number of rotatable bonds is 4. The van der Waals surface area contributed by atoms with Crippen molar-refractivity contribution in [3.8, 4) is 0 Å². The molecule has 0 amide bonds. The second-order valence-corrected chi connectivity index (χ2v) is 6.75. The van der Waals surface area contributed by atoms with Crippen molar-refractivity contribution in [3.05, 3.63) is 11.3 Å². The summed E-state index contributed by atoms with van der Waals surface area (Å²) in [6.45, 7) is 1.35. The van der Waals surface area contributed by atoms with Crippen LogP contribution in [0.2, 0.25) is 0 Å². The first-order valence-electron chi connectivity index (χ1n) is 5.29. The van der Waals surface area contributed by atoms with E-state index in [4.69, 9.17) is 5.11 Å². The maximum Gasteiger partial charge on any atom is 0.260 e. The summed E-state index contributed by atoms with van der Waals surface area (Å²) in [5, 5.41) is 15.4. The van der Waals surface area contributed by atoms with Crippen molar-refractivity contribution in [2.45, 2.75) is 31.0 Å². The number of hydrogen-bond acceptors (Lipinski definition) is 5. The van der Waals surface area contributed by atoms with Gasteiger partial charge in [-0.2, -0.15) is 16.9 Å². The van der Waals surface area contributed by atoms with Crippen molar-refractivity contribution < 1.29 is 13.5 Å². The van der Waals surface area contributed by atoms with Crippen molar-refractivity contribution in [3.63, 3.8) is 0 Å². The van der Waals surface area contributed by atoms with Crippen LogP contribution in [0.3, 0.4) is 0 Å². The van der Waals surface area contributed by atoms with E-state index in [0.717, 1.165) is 17.9 Å². The molecule has 0 spiro atoms. The van der Waals surface area contributed by atoms with E-state index >= 15 is 0 Å². The zero-order valence-electron chi connectivity index (χ0n) is 9.43. The molecule has 3 N–H and O–H groups in total. The zero-order valence-corrected chi connectivity index (χ0v) is 11.1. The van der Waals surface area contributed by atoms with Gasteiger partial charge in [-0.3, -0.25) is 5.10 Å². The Kier molecular flexibility index (Phi) is 3.76. The lowest BCUT2D eigenvalue weighted by Crippen LogP contribution is -2.35. The van der Waals surface area contributed by atoms with Crippen LogP contribution in [0.5, 0.6) is 0 Å². The van der Waals surface area contributed by atoms with E-state index in [1.165, 1.54) is 0 Å². The molecule has 1 aromatic heterocycles. The summed E-state index contributed by atoms with van der Waals surface area (Å²) in [6, 6.07) is -0.0338. The van der Waals surface area contributed by atoms with Crippen LogP contribution in [0.4, 0.5) is 0 Å². The Morgan fingerprint density at radius 1 is 1.65 bits per heavy atom. The maximum absolute atomic E-state index is 12.1. The smallest absolute Gasteiger partial charge is 0.260 e. The van der Waals surface area contributed by atoms with Crippen LogP contribution >= 0.6 is 11.8 Å². The Hall–Kier alpha value is -0.570. The van der Waals surface area contributed by atoms with Crippen LogP contribution < -0.4 is 4.72 Å². The predicted octanol–water partition coefficient (Wildman–Crippen LogP) is -0.00578. The number of hydrogen-bond donors (Lipinski definition) is 3. The third kappa shape index (κ3) is 2.65. The van der Waals surface area contributed by atoms with Gasteiger partial charge in [0.05, 0.1) is 6.61 Å². The standard InChI is InChI=1S/C9H15N3O3S2/c1-6-8(4-13)9(11-10-6)17(14,15)12-7-2-3-16-5-7/h7,12-13H,2-5H2,1H3,(H,10,11). The molecule has 17 heavy (non-hydrogen) atoms. The molecule has 0 radical (unpaired) electrons. The van der Waals surface area contributed by atoms with Crippen LogP contribution in [0.25, 0.3) is 0 Å². The molecule has 1 saturated heterocycles. The highest BCUT2D eigenvalue weighted by atomic mass is 32.2. The monoisotopic (exact) mass is 277 g/mol. The van der Waals surface area contributed by atoms with E-state index in [1.54, 1.807) is 18.7 Å². The first-order valence-corrected chi connectivity index (χ1v) is 7.93. The lowest BCUT2D eigenvalue weighted by atomic mass is 10.3. The van der Waals surface area contributed by atoms with Gasteiger partial charge in [-0.15, -0.1) is 0 Å². The summed E-state index contributed by atoms with van der Waals surface area (Å²) in [4.78, 5) is 0. The van der Waals surface area contributed by atoms with E-state index in [2.05, 4.69) is 14.9 Å². The summed E-state index contributed by atoms with van der Waals surface area (Å²) >= 11 is 1.73. The number of aromatic amines is 1. The van der Waals surface area contributed by atoms with Crippen molar-refractivity contribution in [2.75, 3.05) is 11.5 Å². The zero-order chi connectivity index (χ0) is 12.5. The molecule has 8 heteroatoms. The van der Waals surface area contributed by atoms with E-state index in [9.17, 15) is 8.42 Å². The Labute approximate surface area is 104 Å². The summed E-state index contributed by atoms with van der Waals surface area (Å²) in [6.07, 6.45) is 0.835. The summed E-state index contributed by atoms with van der Waals surface area (Å²) < 4.78 is 26.8. The van der Waals surface area contributed by atoms with Crippen molar-refractivity contribution >= 4 is 21.8 Å². The molecule has 0 bridgehead atoms. The lowest BCUT2D eigenvalue weighted by molar-refractivity contribution is 0.277. The summed E-state index contributed by atoms with van der Waals surface area (Å²) in [5.74, 6) is 1.76. The van der Waals surface area contributed by atoms with E-state index < -0.39 is 10.0 Å². The quantitative estimate of drug-likeness (QED) is 0.720. The summed E-state index contributed by atoms with van der Waals surface area (Å²) in [7, 11) is -3.63. The molecule has 6 nitrogen and oxygen atoms in total. The first kappa shape index (κ1) is 12.9. The fraction of sp³-hybridized carbons (Fsp3) is 0.667. The second kappa shape index (κ2) is 4.97. The molecule has 2 rings (SSSR count). The fourth-order valence-corrected chi connectivity index (χ4v) is 4.46. The number of thioether (sulfide) groups is 1. The third-order valence-corrected chi connectivity index (χ3v) is 5.35. The Balaban J connectivity index is 2.24. The normalized spacial score (nSPS) is 20.9. The number of aliphatic hydroxyl groups is 1. The van der Waals surface area contributed by atoms with Gasteiger partial charge >= 0.3 is 0 Å².